The van der Waals surface area contributed by atoms with Gasteiger partial charge in [0.15, 0.2) is 11.5 Å². The molecular formula is C54H34N2O. The fourth-order valence-electron chi connectivity index (χ4n) is 9.10. The number of para-hydroxylation sites is 3. The Kier molecular flexibility index (Phi) is 6.93. The van der Waals surface area contributed by atoms with Crippen LogP contribution in [0.4, 0.5) is 0 Å². The van der Waals surface area contributed by atoms with Crippen LogP contribution in [0.3, 0.4) is 0 Å². The smallest absolute Gasteiger partial charge is 0.152 e. The van der Waals surface area contributed by atoms with Gasteiger partial charge in [-0.15, -0.1) is 0 Å². The number of hydrogen-bond donors (Lipinski definition) is 0. The second-order valence-electron chi connectivity index (χ2n) is 14.9. The van der Waals surface area contributed by atoms with Crippen molar-refractivity contribution in [1.29, 1.82) is 0 Å². The number of aromatic nitrogens is 2. The van der Waals surface area contributed by atoms with Gasteiger partial charge in [0.25, 0.3) is 0 Å². The lowest BCUT2D eigenvalue weighted by molar-refractivity contribution is 0.477. The molecule has 266 valence electrons. The molecule has 0 fully saturated rings. The van der Waals surface area contributed by atoms with Gasteiger partial charge in [0.05, 0.1) is 27.8 Å². The Labute approximate surface area is 329 Å². The maximum Gasteiger partial charge on any atom is 0.152 e. The van der Waals surface area contributed by atoms with Crippen LogP contribution >= 0.6 is 0 Å². The Hall–Kier alpha value is -7.62. The van der Waals surface area contributed by atoms with Gasteiger partial charge in [0, 0.05) is 32.8 Å². The molecule has 11 aromatic rings. The maximum atomic E-state index is 6.62. The van der Waals surface area contributed by atoms with E-state index >= 15 is 0 Å². The lowest BCUT2D eigenvalue weighted by Crippen LogP contribution is -2.06. The molecule has 2 aromatic heterocycles. The zero-order chi connectivity index (χ0) is 37.5. The average Bonchev–Trinajstić information content (AvgIpc) is 3.80. The highest BCUT2D eigenvalue weighted by Gasteiger charge is 2.26. The van der Waals surface area contributed by atoms with Gasteiger partial charge in [0.2, 0.25) is 0 Å². The van der Waals surface area contributed by atoms with Crippen molar-refractivity contribution < 1.29 is 4.74 Å². The lowest BCUT2D eigenvalue weighted by Gasteiger charge is -2.24. The van der Waals surface area contributed by atoms with Crippen molar-refractivity contribution in [3.8, 4) is 67.4 Å². The minimum Gasteiger partial charge on any atom is -0.453 e. The van der Waals surface area contributed by atoms with Crippen LogP contribution in [0.5, 0.6) is 11.5 Å². The van der Waals surface area contributed by atoms with Gasteiger partial charge >= 0.3 is 0 Å². The molecule has 12 rings (SSSR count). The third-order valence-corrected chi connectivity index (χ3v) is 11.7. The molecule has 3 nitrogen and oxygen atoms in total. The summed E-state index contributed by atoms with van der Waals surface area (Å²) in [5, 5.41) is 4.90. The first-order chi connectivity index (χ1) is 28.3. The number of fused-ring (bicyclic) bond motifs is 8. The van der Waals surface area contributed by atoms with Gasteiger partial charge in [-0.05, 0) is 99.6 Å². The Morgan fingerprint density at radius 1 is 0.298 bits per heavy atom. The summed E-state index contributed by atoms with van der Waals surface area (Å²) in [6.07, 6.45) is 0. The molecule has 0 bridgehead atoms. The minimum atomic E-state index is 0.860. The van der Waals surface area contributed by atoms with Gasteiger partial charge in [-0.1, -0.05) is 146 Å². The topological polar surface area (TPSA) is 19.1 Å². The number of nitrogens with zero attached hydrogens (tertiary/aromatic N) is 2. The molecule has 3 heterocycles. The summed E-state index contributed by atoms with van der Waals surface area (Å²) in [5.74, 6) is 1.75. The van der Waals surface area contributed by atoms with Gasteiger partial charge in [-0.25, -0.2) is 0 Å². The minimum absolute atomic E-state index is 0.860. The van der Waals surface area contributed by atoms with Crippen LogP contribution < -0.4 is 4.74 Å². The summed E-state index contributed by atoms with van der Waals surface area (Å²) in [6, 6.07) is 74.4. The molecular weight excluding hydrogens is 693 g/mol. The second-order valence-corrected chi connectivity index (χ2v) is 14.9. The zero-order valence-corrected chi connectivity index (χ0v) is 30.9. The second kappa shape index (κ2) is 12.5. The van der Waals surface area contributed by atoms with E-state index in [4.69, 9.17) is 4.74 Å². The van der Waals surface area contributed by atoms with Crippen LogP contribution in [0, 0.1) is 0 Å². The van der Waals surface area contributed by atoms with Gasteiger partial charge < -0.3 is 13.9 Å². The van der Waals surface area contributed by atoms with E-state index in [0.29, 0.717) is 0 Å². The van der Waals surface area contributed by atoms with E-state index < -0.39 is 0 Å². The third kappa shape index (κ3) is 4.92. The van der Waals surface area contributed by atoms with E-state index in [2.05, 4.69) is 215 Å². The van der Waals surface area contributed by atoms with Gasteiger partial charge in [-0.3, -0.25) is 0 Å². The molecule has 0 N–H and O–H groups in total. The Morgan fingerprint density at radius 3 is 1.56 bits per heavy atom. The highest BCUT2D eigenvalue weighted by atomic mass is 16.5. The molecule has 0 aliphatic carbocycles. The van der Waals surface area contributed by atoms with E-state index in [9.17, 15) is 0 Å². The number of hydrogen-bond acceptors (Lipinski definition) is 1. The van der Waals surface area contributed by atoms with Crippen LogP contribution in [-0.4, -0.2) is 9.13 Å². The fourth-order valence-corrected chi connectivity index (χ4v) is 9.10. The molecule has 0 atom stereocenters. The fraction of sp³-hybridized carbons (Fsp3) is 0. The van der Waals surface area contributed by atoms with Crippen LogP contribution in [0.2, 0.25) is 0 Å². The largest absolute Gasteiger partial charge is 0.453 e. The third-order valence-electron chi connectivity index (χ3n) is 11.7. The SMILES string of the molecule is c1ccc(-c2ccc3c(c2)c2cc(-c4ccccc4)ccc2n3-c2cccc(-c3cccc(-c4cccc5c4-n4c6ccccc6c6cccc(c64)O5)c3)c2)cc1. The molecule has 0 amide bonds. The standard InChI is InChI=1S/C54H34N2O/c1-3-13-35(14-4-1)39-27-29-49-46(33-39)47-34-40(36-15-5-2-6-16-36)28-30-50(47)55(49)42-20-10-18-38(32-42)37-17-9-19-41(31-37)43-22-11-25-51-53(43)56-48-24-8-7-21-44(48)45-23-12-26-52(57-51)54(45)56/h1-34H. The highest BCUT2D eigenvalue weighted by Crippen LogP contribution is 2.48. The Morgan fingerprint density at radius 2 is 0.825 bits per heavy atom. The molecule has 0 saturated heterocycles. The Balaban J connectivity index is 1.01. The molecule has 0 radical (unpaired) electrons. The Bertz CT molecular complexity index is 3270. The van der Waals surface area contributed by atoms with E-state index in [-0.39, 0.29) is 0 Å². The highest BCUT2D eigenvalue weighted by molar-refractivity contribution is 6.13. The maximum absolute atomic E-state index is 6.62. The monoisotopic (exact) mass is 726 g/mol. The molecule has 3 heteroatoms. The summed E-state index contributed by atoms with van der Waals surface area (Å²) >= 11 is 0. The van der Waals surface area contributed by atoms with Crippen molar-refractivity contribution in [2.75, 3.05) is 0 Å². The summed E-state index contributed by atoms with van der Waals surface area (Å²) < 4.78 is 11.4. The quantitative estimate of drug-likeness (QED) is 0.173. The molecule has 1 aliphatic rings. The molecule has 1 aliphatic heterocycles. The summed E-state index contributed by atoms with van der Waals surface area (Å²) in [7, 11) is 0. The average molecular weight is 727 g/mol. The molecule has 0 spiro atoms. The van der Waals surface area contributed by atoms with E-state index in [1.807, 2.05) is 0 Å². The number of rotatable bonds is 5. The zero-order valence-electron chi connectivity index (χ0n) is 30.9. The lowest BCUT2D eigenvalue weighted by atomic mass is 9.97. The van der Waals surface area contributed by atoms with Crippen LogP contribution in [0.25, 0.3) is 99.5 Å². The van der Waals surface area contributed by atoms with Gasteiger partial charge in [0.1, 0.15) is 0 Å². The van der Waals surface area contributed by atoms with Crippen LogP contribution in [0.15, 0.2) is 206 Å². The molecule has 57 heavy (non-hydrogen) atoms. The van der Waals surface area contributed by atoms with Crippen molar-refractivity contribution in [3.63, 3.8) is 0 Å². The summed E-state index contributed by atoms with van der Waals surface area (Å²) in [4.78, 5) is 0. The normalized spacial score (nSPS) is 12.0. The molecule has 9 aromatic carbocycles. The van der Waals surface area contributed by atoms with E-state index in [0.717, 1.165) is 50.6 Å². The first kappa shape index (κ1) is 31.7. The number of benzene rings is 9. The van der Waals surface area contributed by atoms with Crippen molar-refractivity contribution in [3.05, 3.63) is 206 Å². The van der Waals surface area contributed by atoms with Gasteiger partial charge in [-0.2, -0.15) is 0 Å². The van der Waals surface area contributed by atoms with Crippen molar-refractivity contribution >= 4 is 43.6 Å². The number of ether oxygens (including phenoxy) is 1. The van der Waals surface area contributed by atoms with E-state index in [1.165, 1.54) is 60.3 Å². The van der Waals surface area contributed by atoms with Crippen molar-refractivity contribution in [2.45, 2.75) is 0 Å². The summed E-state index contributed by atoms with van der Waals surface area (Å²) in [6.45, 7) is 0. The first-order valence-corrected chi connectivity index (χ1v) is 19.5. The van der Waals surface area contributed by atoms with Crippen molar-refractivity contribution in [1.82, 2.24) is 9.13 Å². The predicted octanol–water partition coefficient (Wildman–Crippen LogP) is 14.7. The predicted molar refractivity (Wildman–Crippen MR) is 237 cm³/mol. The van der Waals surface area contributed by atoms with Crippen LogP contribution in [-0.2, 0) is 0 Å². The molecule has 0 saturated carbocycles. The first-order valence-electron chi connectivity index (χ1n) is 19.5. The van der Waals surface area contributed by atoms with E-state index in [1.54, 1.807) is 0 Å². The molecule has 0 unspecified atom stereocenters. The van der Waals surface area contributed by atoms with Crippen LogP contribution in [0.1, 0.15) is 0 Å². The summed E-state index contributed by atoms with van der Waals surface area (Å²) in [5.41, 5.74) is 16.3. The van der Waals surface area contributed by atoms with Crippen molar-refractivity contribution in [2.24, 2.45) is 0 Å².